The van der Waals surface area contributed by atoms with Gasteiger partial charge in [0, 0.05) is 44.5 Å². The van der Waals surface area contributed by atoms with Crippen LogP contribution in [0.3, 0.4) is 0 Å². The molecule has 16 heteroatoms. The Morgan fingerprint density at radius 2 is 0.482 bits per heavy atom. The van der Waals surface area contributed by atoms with Crippen LogP contribution in [0.25, 0.3) is 168 Å². The molecule has 4 aromatic heterocycles. The number of benzene rings is 15. The standard InChI is InChI=1S/C31H20ClN3.C29H18ClN3.C19H12ClN3.C15H10ClN3/c32-31-34-29(25-15-6-13-23(19-25)21-9-2-1-3-10-21)33-30(35-31)26-16-7-14-24(20-26)28-18-8-12-22-11-4-5-17-27(22)28;30-29-32-27(22-12-6-11-21(18-22)19-8-2-1-3-9-19)31-28(33-29)26-15-7-14-24-23-13-5-4-10-20(23)16-17-25(24)26;20-19-22-17(14-7-2-1-3-8-14)21-18(23-19)16-11-10-13-6-4-5-9-15(13)12-16;16-15-18-13(11-7-3-1-4-8-11)17-14(19-15)12-9-5-2-6-10-12/h1-20H;1-18H;1-12H;1-10H/i;;1D,2D,3D,7D,8D;1D,2D,3D,4D,5D,6D,7D,8D,9D,10D. The summed E-state index contributed by atoms with van der Waals surface area (Å²) >= 11 is 24.8. The molecule has 12 nitrogen and oxygen atoms in total. The molecular weight excluding hydrogens is 1440 g/mol. The molecule has 0 amide bonds. The van der Waals surface area contributed by atoms with Crippen molar-refractivity contribution in [3.05, 3.63) is 385 Å². The van der Waals surface area contributed by atoms with Gasteiger partial charge in [-0.25, -0.2) is 19.9 Å². The molecule has 4 heterocycles. The monoisotopic (exact) mass is 1510 g/mol. The first-order valence-corrected chi connectivity index (χ1v) is 35.5. The molecule has 0 saturated carbocycles. The Bertz CT molecular complexity index is 7300. The van der Waals surface area contributed by atoms with Crippen molar-refractivity contribution in [2.45, 2.75) is 0 Å². The van der Waals surface area contributed by atoms with Crippen LogP contribution in [0.5, 0.6) is 0 Å². The zero-order valence-corrected chi connectivity index (χ0v) is 60.4. The Hall–Kier alpha value is -13.5. The highest BCUT2D eigenvalue weighted by atomic mass is 35.5. The highest BCUT2D eigenvalue weighted by Crippen LogP contribution is 2.37. The summed E-state index contributed by atoms with van der Waals surface area (Å²) in [5, 5.41) is 8.89. The zero-order valence-electron chi connectivity index (χ0n) is 72.4. The van der Waals surface area contributed by atoms with E-state index >= 15 is 0 Å². The molecule has 0 saturated heterocycles. The largest absolute Gasteiger partial charge is 0.226 e. The quantitative estimate of drug-likeness (QED) is 0.113. The molecule has 0 unspecified atom stereocenters. The molecule has 0 N–H and O–H groups in total. The summed E-state index contributed by atoms with van der Waals surface area (Å²) in [5.41, 5.74) is 10.2. The number of hydrogen-bond donors (Lipinski definition) is 0. The van der Waals surface area contributed by atoms with Gasteiger partial charge in [-0.1, -0.05) is 339 Å². The van der Waals surface area contributed by atoms with Crippen molar-refractivity contribution in [3.8, 4) is 124 Å². The second kappa shape index (κ2) is 33.1. The number of fused-ring (bicyclic) bond motifs is 5. The average molecular weight is 1510 g/mol. The van der Waals surface area contributed by atoms with Crippen molar-refractivity contribution in [3.63, 3.8) is 0 Å². The van der Waals surface area contributed by atoms with E-state index in [4.69, 9.17) is 76.9 Å². The molecule has 0 aliphatic carbocycles. The number of rotatable bonds is 11. The Kier molecular flexibility index (Phi) is 16.6. The molecule has 15 aromatic carbocycles. The number of nitrogens with zero attached hydrogens (tertiary/aromatic N) is 12. The van der Waals surface area contributed by atoms with E-state index in [0.29, 0.717) is 28.9 Å². The van der Waals surface area contributed by atoms with Gasteiger partial charge in [0.05, 0.1) is 20.6 Å². The molecule has 0 bridgehead atoms. The van der Waals surface area contributed by atoms with Crippen LogP contribution in [-0.4, -0.2) is 59.8 Å². The van der Waals surface area contributed by atoms with Crippen LogP contribution in [0.15, 0.2) is 364 Å². The van der Waals surface area contributed by atoms with Crippen molar-refractivity contribution >= 4 is 89.5 Å². The topological polar surface area (TPSA) is 155 Å². The smallest absolute Gasteiger partial charge is 0.208 e. The molecule has 0 aliphatic heterocycles. The fraction of sp³-hybridized carbons (Fsp3) is 0. The molecule has 0 radical (unpaired) electrons. The highest BCUT2D eigenvalue weighted by Gasteiger charge is 2.18. The van der Waals surface area contributed by atoms with E-state index in [1.807, 2.05) is 127 Å². The molecule has 0 aliphatic rings. The third-order valence-corrected chi connectivity index (χ3v) is 18.0. The third-order valence-electron chi connectivity index (χ3n) is 17.3. The SMILES string of the molecule is Clc1nc(-c2cccc(-c3ccccc3)c2)nc(-c2cccc(-c3cccc4ccccc34)c2)n1.Clc1nc(-c2cccc(-c3ccccc3)c2)nc(-c2cccc3c2ccc2ccccc23)n1.[2H]c1c([2H])c([2H])c(-c2nc(Cl)nc(-c3c([2H])c([2H])c([2H])c([2H])c3[2H])n2)c([2H])c1[2H].[2H]c1c([2H])c([2H])c(-c2nc(Cl)nc(-c3ccc4ccccc4c3)n2)c([2H])c1[2H]. The first-order chi connectivity index (χ1) is 60.3. The fourth-order valence-corrected chi connectivity index (χ4v) is 12.9. The number of aromatic nitrogens is 12. The van der Waals surface area contributed by atoms with E-state index in [1.54, 1.807) is 0 Å². The van der Waals surface area contributed by atoms with Crippen LogP contribution >= 0.6 is 46.4 Å². The lowest BCUT2D eigenvalue weighted by atomic mass is 9.97. The van der Waals surface area contributed by atoms with Gasteiger partial charge in [-0.15, -0.1) is 0 Å². The van der Waals surface area contributed by atoms with E-state index in [-0.39, 0.29) is 55.8 Å². The van der Waals surface area contributed by atoms with Crippen molar-refractivity contribution in [1.29, 1.82) is 0 Å². The summed E-state index contributed by atoms with van der Waals surface area (Å²) in [6.07, 6.45) is 0. The van der Waals surface area contributed by atoms with Gasteiger partial charge in [0.15, 0.2) is 46.6 Å². The first-order valence-electron chi connectivity index (χ1n) is 41.5. The summed E-state index contributed by atoms with van der Waals surface area (Å²) in [5.74, 6) is 1.64. The minimum Gasteiger partial charge on any atom is -0.208 e. The van der Waals surface area contributed by atoms with Gasteiger partial charge in [0.2, 0.25) is 21.1 Å². The second-order valence-electron chi connectivity index (χ2n) is 24.3. The molecule has 0 fully saturated rings. The molecule has 110 heavy (non-hydrogen) atoms. The summed E-state index contributed by atoms with van der Waals surface area (Å²) < 4.78 is 118. The van der Waals surface area contributed by atoms with Gasteiger partial charge in [-0.05, 0) is 147 Å². The average Bonchev–Trinajstić information content (AvgIpc) is 0.777. The zero-order chi connectivity index (χ0) is 87.6. The molecule has 19 aromatic rings. The normalized spacial score (nSPS) is 12.8. The maximum Gasteiger partial charge on any atom is 0.226 e. The Morgan fingerprint density at radius 1 is 0.173 bits per heavy atom. The summed E-state index contributed by atoms with van der Waals surface area (Å²) in [7, 11) is 0. The Labute approximate surface area is 675 Å². The van der Waals surface area contributed by atoms with E-state index in [9.17, 15) is 0 Å². The maximum absolute atomic E-state index is 8.11. The lowest BCUT2D eigenvalue weighted by molar-refractivity contribution is 1.07. The maximum atomic E-state index is 8.11. The predicted octanol–water partition coefficient (Wildman–Crippen LogP) is 25.0. The first kappa shape index (κ1) is 55.0. The molecule has 0 atom stereocenters. The van der Waals surface area contributed by atoms with E-state index in [0.717, 1.165) is 71.6 Å². The lowest BCUT2D eigenvalue weighted by Crippen LogP contribution is -1.98. The molecule has 524 valence electrons. The van der Waals surface area contributed by atoms with Gasteiger partial charge < -0.3 is 0 Å². The summed E-state index contributed by atoms with van der Waals surface area (Å²) in [4.78, 5) is 51.5. The van der Waals surface area contributed by atoms with E-state index < -0.39 is 95.9 Å². The van der Waals surface area contributed by atoms with Gasteiger partial charge in [0.1, 0.15) is 0 Å². The lowest BCUT2D eigenvalue weighted by Gasteiger charge is -2.10. The van der Waals surface area contributed by atoms with Crippen LogP contribution in [0.4, 0.5) is 0 Å². The minimum atomic E-state index is -0.609. The number of hydrogen-bond acceptors (Lipinski definition) is 12. The van der Waals surface area contributed by atoms with Crippen LogP contribution in [0.1, 0.15) is 20.6 Å². The van der Waals surface area contributed by atoms with Crippen molar-refractivity contribution in [2.75, 3.05) is 0 Å². The summed E-state index contributed by atoms with van der Waals surface area (Å²) in [6, 6.07) is 84.0. The fourth-order valence-electron chi connectivity index (χ4n) is 12.3. The Morgan fingerprint density at radius 3 is 0.973 bits per heavy atom. The van der Waals surface area contributed by atoms with Gasteiger partial charge in [-0.3, -0.25) is 0 Å². The third kappa shape index (κ3) is 16.6. The van der Waals surface area contributed by atoms with Crippen LogP contribution in [-0.2, 0) is 0 Å². The van der Waals surface area contributed by atoms with Crippen molar-refractivity contribution in [2.24, 2.45) is 0 Å². The Balaban J connectivity index is 0.000000124. The summed E-state index contributed by atoms with van der Waals surface area (Å²) in [6.45, 7) is 0. The van der Waals surface area contributed by atoms with Crippen molar-refractivity contribution < 1.29 is 20.6 Å². The molecular formula is C94H60Cl4N12. The molecule has 0 spiro atoms. The van der Waals surface area contributed by atoms with E-state index in [1.165, 1.54) is 27.1 Å². The second-order valence-corrected chi connectivity index (χ2v) is 25.6. The minimum absolute atomic E-state index is 0.0693. The predicted molar refractivity (Wildman–Crippen MR) is 449 cm³/mol. The van der Waals surface area contributed by atoms with E-state index in [2.05, 4.69) is 195 Å². The molecule has 19 rings (SSSR count). The van der Waals surface area contributed by atoms with Gasteiger partial charge in [0.25, 0.3) is 0 Å². The van der Waals surface area contributed by atoms with Crippen LogP contribution in [0.2, 0.25) is 21.1 Å². The highest BCUT2D eigenvalue weighted by molar-refractivity contribution is 6.29. The number of halogens is 4. The van der Waals surface area contributed by atoms with Crippen LogP contribution in [0, 0.1) is 0 Å². The van der Waals surface area contributed by atoms with Crippen molar-refractivity contribution in [1.82, 2.24) is 59.8 Å². The van der Waals surface area contributed by atoms with Crippen LogP contribution < -0.4 is 0 Å². The van der Waals surface area contributed by atoms with Gasteiger partial charge >= 0.3 is 0 Å². The van der Waals surface area contributed by atoms with Gasteiger partial charge in [-0.2, -0.15) is 39.9 Å².